The lowest BCUT2D eigenvalue weighted by Crippen LogP contribution is -2.62. The lowest BCUT2D eigenvalue weighted by molar-refractivity contribution is 0.314. The fourth-order valence-electron chi connectivity index (χ4n) is 3.02. The Hall–Kier alpha value is -0.0900. The van der Waals surface area contributed by atoms with Crippen LogP contribution in [0.25, 0.3) is 0 Å². The molecule has 2 aliphatic rings. The van der Waals surface area contributed by atoms with E-state index in [0.29, 0.717) is 5.75 Å². The van der Waals surface area contributed by atoms with Crippen LogP contribution in [0.3, 0.4) is 0 Å². The molecule has 0 aromatic heterocycles. The molecule has 1 saturated heterocycles. The summed E-state index contributed by atoms with van der Waals surface area (Å²) in [5.41, 5.74) is -0.246. The Morgan fingerprint density at radius 3 is 2.53 bits per heavy atom. The third-order valence-electron chi connectivity index (χ3n) is 3.55. The molecule has 0 aromatic carbocycles. The van der Waals surface area contributed by atoms with Gasteiger partial charge in [0.2, 0.25) is 0 Å². The van der Waals surface area contributed by atoms with Gasteiger partial charge in [-0.3, -0.25) is 0 Å². The number of hydrogen-bond acceptors (Lipinski definition) is 3. The molecule has 1 N–H and O–H groups in total. The Kier molecular flexibility index (Phi) is 2.84. The minimum atomic E-state index is -2.88. The lowest BCUT2D eigenvalue weighted by atomic mass is 10.0. The van der Waals surface area contributed by atoms with Crippen LogP contribution in [-0.4, -0.2) is 31.0 Å². The first-order valence-corrected chi connectivity index (χ1v) is 7.62. The monoisotopic (exact) mass is 231 g/mol. The maximum Gasteiger partial charge on any atom is 0.156 e. The van der Waals surface area contributed by atoms with E-state index in [1.807, 2.05) is 13.8 Å². The predicted octanol–water partition coefficient (Wildman–Crippen LogP) is 1.48. The normalized spacial score (nSPS) is 39.1. The third-order valence-corrected chi connectivity index (χ3v) is 6.16. The Morgan fingerprint density at radius 2 is 1.80 bits per heavy atom. The molecule has 0 amide bonds. The van der Waals surface area contributed by atoms with Gasteiger partial charge in [-0.05, 0) is 26.7 Å². The third kappa shape index (κ3) is 2.36. The summed E-state index contributed by atoms with van der Waals surface area (Å²) in [6.45, 7) is 3.98. The average molecular weight is 231 g/mol. The first kappa shape index (κ1) is 11.4. The van der Waals surface area contributed by atoms with Gasteiger partial charge < -0.3 is 5.32 Å². The molecule has 15 heavy (non-hydrogen) atoms. The van der Waals surface area contributed by atoms with Gasteiger partial charge in [0, 0.05) is 11.6 Å². The molecule has 4 heteroatoms. The number of hydrogen-bond donors (Lipinski definition) is 1. The molecule has 1 heterocycles. The highest BCUT2D eigenvalue weighted by Gasteiger charge is 2.44. The zero-order valence-corrected chi connectivity index (χ0v) is 10.4. The molecule has 1 saturated carbocycles. The molecule has 1 aliphatic carbocycles. The van der Waals surface area contributed by atoms with Gasteiger partial charge in [-0.25, -0.2) is 8.42 Å². The van der Waals surface area contributed by atoms with E-state index >= 15 is 0 Å². The van der Waals surface area contributed by atoms with Gasteiger partial charge in [0.15, 0.2) is 9.84 Å². The summed E-state index contributed by atoms with van der Waals surface area (Å²) >= 11 is 0. The predicted molar refractivity (Wildman–Crippen MR) is 61.7 cm³/mol. The molecule has 2 unspecified atom stereocenters. The SMILES string of the molecule is CC1(C)CS(=O)(=O)C2CCCCCC2N1. The van der Waals surface area contributed by atoms with Gasteiger partial charge in [0.25, 0.3) is 0 Å². The Labute approximate surface area is 92.6 Å². The minimum Gasteiger partial charge on any atom is -0.307 e. The van der Waals surface area contributed by atoms with Crippen LogP contribution in [-0.2, 0) is 9.84 Å². The first-order chi connectivity index (χ1) is 6.91. The van der Waals surface area contributed by atoms with E-state index in [9.17, 15) is 8.42 Å². The van der Waals surface area contributed by atoms with E-state index in [1.165, 1.54) is 12.8 Å². The zero-order valence-electron chi connectivity index (χ0n) is 9.62. The van der Waals surface area contributed by atoms with Crippen LogP contribution in [0.1, 0.15) is 46.0 Å². The summed E-state index contributed by atoms with van der Waals surface area (Å²) in [7, 11) is -2.88. The van der Waals surface area contributed by atoms with E-state index in [1.54, 1.807) is 0 Å². The van der Waals surface area contributed by atoms with Crippen molar-refractivity contribution in [2.45, 2.75) is 62.8 Å². The number of fused-ring (bicyclic) bond motifs is 1. The van der Waals surface area contributed by atoms with Crippen LogP contribution in [0.15, 0.2) is 0 Å². The molecule has 2 atom stereocenters. The van der Waals surface area contributed by atoms with Gasteiger partial charge in [0.05, 0.1) is 11.0 Å². The molecule has 2 fully saturated rings. The summed E-state index contributed by atoms with van der Waals surface area (Å²) in [5.74, 6) is 0.293. The second kappa shape index (κ2) is 3.74. The van der Waals surface area contributed by atoms with Gasteiger partial charge in [-0.2, -0.15) is 0 Å². The number of nitrogens with one attached hydrogen (secondary N) is 1. The molecule has 88 valence electrons. The van der Waals surface area contributed by atoms with Crippen LogP contribution < -0.4 is 5.32 Å². The minimum absolute atomic E-state index is 0.118. The highest BCUT2D eigenvalue weighted by molar-refractivity contribution is 7.92. The molecular weight excluding hydrogens is 210 g/mol. The summed E-state index contributed by atoms with van der Waals surface area (Å²) in [4.78, 5) is 0. The van der Waals surface area contributed by atoms with Gasteiger partial charge in [-0.15, -0.1) is 0 Å². The van der Waals surface area contributed by atoms with Gasteiger partial charge >= 0.3 is 0 Å². The van der Waals surface area contributed by atoms with E-state index in [4.69, 9.17) is 0 Å². The van der Waals surface area contributed by atoms with Crippen LogP contribution in [0.5, 0.6) is 0 Å². The molecule has 0 spiro atoms. The van der Waals surface area contributed by atoms with Crippen LogP contribution >= 0.6 is 0 Å². The van der Waals surface area contributed by atoms with E-state index in [0.717, 1.165) is 19.3 Å². The zero-order chi connectivity index (χ0) is 11.1. The molecule has 2 rings (SSSR count). The van der Waals surface area contributed by atoms with Crippen molar-refractivity contribution >= 4 is 9.84 Å². The van der Waals surface area contributed by atoms with Crippen LogP contribution in [0, 0.1) is 0 Å². The van der Waals surface area contributed by atoms with Crippen molar-refractivity contribution in [1.29, 1.82) is 0 Å². The summed E-state index contributed by atoms with van der Waals surface area (Å²) in [6, 6.07) is 0.196. The van der Waals surface area contributed by atoms with E-state index in [-0.39, 0.29) is 16.8 Å². The average Bonchev–Trinajstić information content (AvgIpc) is 2.25. The van der Waals surface area contributed by atoms with Crippen molar-refractivity contribution in [1.82, 2.24) is 5.32 Å². The van der Waals surface area contributed by atoms with Gasteiger partial charge in [0.1, 0.15) is 0 Å². The second-order valence-electron chi connectivity index (χ2n) is 5.62. The smallest absolute Gasteiger partial charge is 0.156 e. The highest BCUT2D eigenvalue weighted by Crippen LogP contribution is 2.30. The molecular formula is C11H21NO2S. The number of rotatable bonds is 0. The van der Waals surface area contributed by atoms with E-state index < -0.39 is 9.84 Å². The maximum absolute atomic E-state index is 12.1. The standard InChI is InChI=1S/C11H21NO2S/c1-11(2)8-15(13,14)10-7-5-3-4-6-9(10)12-11/h9-10,12H,3-8H2,1-2H3. The van der Waals surface area contributed by atoms with Crippen molar-refractivity contribution in [3.63, 3.8) is 0 Å². The molecule has 1 aliphatic heterocycles. The summed E-state index contributed by atoms with van der Waals surface area (Å²) in [6.07, 6.45) is 5.30. The van der Waals surface area contributed by atoms with Crippen LogP contribution in [0.2, 0.25) is 0 Å². The summed E-state index contributed by atoms with van der Waals surface area (Å²) < 4.78 is 24.3. The van der Waals surface area contributed by atoms with Crippen molar-refractivity contribution in [3.05, 3.63) is 0 Å². The van der Waals surface area contributed by atoms with Crippen molar-refractivity contribution < 1.29 is 8.42 Å². The Balaban J connectivity index is 2.27. The fourth-order valence-corrected chi connectivity index (χ4v) is 5.56. The molecule has 0 radical (unpaired) electrons. The Morgan fingerprint density at radius 1 is 1.13 bits per heavy atom. The Bertz CT molecular complexity index is 334. The van der Waals surface area contributed by atoms with Gasteiger partial charge in [-0.1, -0.05) is 19.3 Å². The van der Waals surface area contributed by atoms with Crippen molar-refractivity contribution in [2.24, 2.45) is 0 Å². The largest absolute Gasteiger partial charge is 0.307 e. The maximum atomic E-state index is 12.1. The molecule has 0 aromatic rings. The first-order valence-electron chi connectivity index (χ1n) is 5.90. The van der Waals surface area contributed by atoms with E-state index in [2.05, 4.69) is 5.32 Å². The number of sulfone groups is 1. The quantitative estimate of drug-likeness (QED) is 0.687. The highest BCUT2D eigenvalue weighted by atomic mass is 32.2. The fraction of sp³-hybridized carbons (Fsp3) is 1.00. The van der Waals surface area contributed by atoms with Crippen molar-refractivity contribution in [2.75, 3.05) is 5.75 Å². The topological polar surface area (TPSA) is 46.2 Å². The van der Waals surface area contributed by atoms with Crippen molar-refractivity contribution in [3.8, 4) is 0 Å². The lowest BCUT2D eigenvalue weighted by Gasteiger charge is -2.41. The molecule has 3 nitrogen and oxygen atoms in total. The van der Waals surface area contributed by atoms with Crippen LogP contribution in [0.4, 0.5) is 0 Å². The second-order valence-corrected chi connectivity index (χ2v) is 7.84. The summed E-state index contributed by atoms with van der Waals surface area (Å²) in [5, 5.41) is 3.39. The molecule has 0 bridgehead atoms.